The number of piperidine rings is 1. The number of ether oxygens (including phenoxy) is 2. The summed E-state index contributed by atoms with van der Waals surface area (Å²) >= 11 is 6.27. The highest BCUT2D eigenvalue weighted by molar-refractivity contribution is 6.31. The van der Waals surface area contributed by atoms with E-state index >= 15 is 0 Å². The van der Waals surface area contributed by atoms with Gasteiger partial charge in [0.2, 0.25) is 0 Å². The van der Waals surface area contributed by atoms with Crippen molar-refractivity contribution in [1.29, 1.82) is 0 Å². The van der Waals surface area contributed by atoms with Gasteiger partial charge in [0.05, 0.1) is 24.9 Å². The summed E-state index contributed by atoms with van der Waals surface area (Å²) in [7, 11) is 1.39. The molecule has 1 amide bonds. The molecule has 1 fully saturated rings. The van der Waals surface area contributed by atoms with Gasteiger partial charge in [-0.05, 0) is 36.6 Å². The van der Waals surface area contributed by atoms with Crippen LogP contribution in [0.25, 0.3) is 0 Å². The first-order chi connectivity index (χ1) is 12.6. The van der Waals surface area contributed by atoms with Crippen LogP contribution in [0.1, 0.15) is 24.9 Å². The molecule has 1 saturated heterocycles. The number of hydrogen-bond donors (Lipinski definition) is 1. The van der Waals surface area contributed by atoms with Crippen LogP contribution >= 0.6 is 11.6 Å². The van der Waals surface area contributed by atoms with Crippen LogP contribution in [0.4, 0.5) is 10.5 Å². The van der Waals surface area contributed by atoms with E-state index in [4.69, 9.17) is 21.1 Å². The quantitative estimate of drug-likeness (QED) is 0.784. The van der Waals surface area contributed by atoms with Gasteiger partial charge in [-0.2, -0.15) is 0 Å². The zero-order valence-corrected chi connectivity index (χ0v) is 15.5. The largest absolute Gasteiger partial charge is 0.455 e. The van der Waals surface area contributed by atoms with Gasteiger partial charge in [0, 0.05) is 17.1 Å². The first kappa shape index (κ1) is 17.0. The van der Waals surface area contributed by atoms with E-state index in [-0.39, 0.29) is 12.1 Å². The number of benzene rings is 2. The Morgan fingerprint density at radius 1 is 1.27 bits per heavy atom. The summed E-state index contributed by atoms with van der Waals surface area (Å²) in [6.45, 7) is 3.02. The topological polar surface area (TPSA) is 50.8 Å². The summed E-state index contributed by atoms with van der Waals surface area (Å²) in [6, 6.07) is 13.5. The maximum atomic E-state index is 12.0. The number of anilines is 1. The molecule has 5 nitrogen and oxygen atoms in total. The molecular formula is C20H21ClN2O3. The number of carbonyl (C=O) groups is 1. The Hall–Kier alpha value is -2.40. The Kier molecular flexibility index (Phi) is 4.41. The van der Waals surface area contributed by atoms with Crippen LogP contribution in [-0.4, -0.2) is 25.8 Å². The van der Waals surface area contributed by atoms with Gasteiger partial charge < -0.3 is 19.7 Å². The summed E-state index contributed by atoms with van der Waals surface area (Å²) in [6.07, 6.45) is 0.525. The standard InChI is InChI=1S/C20H21ClN2O3/c1-12-9-10-23-15-11-13(21)7-8-17(15)26-16-6-4-3-5-14(16)19(23)18(12)22-20(24)25-2/h3-8,11-12,18-19H,9-10H2,1-2H3,(H,22,24)/t12-,18+,19-/m1/s1. The molecule has 26 heavy (non-hydrogen) atoms. The maximum Gasteiger partial charge on any atom is 0.407 e. The summed E-state index contributed by atoms with van der Waals surface area (Å²) in [5, 5.41) is 3.70. The van der Waals surface area contributed by atoms with Gasteiger partial charge in [-0.25, -0.2) is 4.79 Å². The van der Waals surface area contributed by atoms with E-state index in [1.54, 1.807) is 0 Å². The van der Waals surface area contributed by atoms with Crippen LogP contribution in [0.15, 0.2) is 42.5 Å². The van der Waals surface area contributed by atoms with E-state index in [1.807, 2.05) is 36.4 Å². The average Bonchev–Trinajstić information content (AvgIpc) is 2.78. The third-order valence-corrected chi connectivity index (χ3v) is 5.51. The molecule has 136 valence electrons. The summed E-state index contributed by atoms with van der Waals surface area (Å²) < 4.78 is 11.1. The molecule has 1 N–H and O–H groups in total. The number of hydrogen-bond acceptors (Lipinski definition) is 4. The molecule has 3 atom stereocenters. The Bertz CT molecular complexity index is 842. The van der Waals surface area contributed by atoms with Gasteiger partial charge in [0.1, 0.15) is 5.75 Å². The smallest absolute Gasteiger partial charge is 0.407 e. The molecular weight excluding hydrogens is 352 g/mol. The van der Waals surface area contributed by atoms with Crippen molar-refractivity contribution in [3.05, 3.63) is 53.1 Å². The van der Waals surface area contributed by atoms with Crippen molar-refractivity contribution in [3.8, 4) is 11.5 Å². The van der Waals surface area contributed by atoms with Crippen LogP contribution in [0.3, 0.4) is 0 Å². The number of nitrogens with zero attached hydrogens (tertiary/aromatic N) is 1. The van der Waals surface area contributed by atoms with E-state index in [0.717, 1.165) is 35.7 Å². The number of carbonyl (C=O) groups excluding carboxylic acids is 1. The molecule has 2 aromatic rings. The second-order valence-electron chi connectivity index (χ2n) is 6.82. The fourth-order valence-electron chi connectivity index (χ4n) is 3.95. The van der Waals surface area contributed by atoms with E-state index in [9.17, 15) is 4.79 Å². The molecule has 2 aromatic carbocycles. The molecule has 0 unspecified atom stereocenters. The molecule has 0 radical (unpaired) electrons. The van der Waals surface area contributed by atoms with Gasteiger partial charge in [0.15, 0.2) is 5.75 Å². The molecule has 2 aliphatic heterocycles. The number of alkyl carbamates (subject to hydrolysis) is 1. The van der Waals surface area contributed by atoms with Crippen molar-refractivity contribution in [2.45, 2.75) is 25.4 Å². The Morgan fingerprint density at radius 3 is 2.88 bits per heavy atom. The summed E-state index contributed by atoms with van der Waals surface area (Å²) in [5.41, 5.74) is 2.00. The Morgan fingerprint density at radius 2 is 2.08 bits per heavy atom. The molecule has 2 heterocycles. The fourth-order valence-corrected chi connectivity index (χ4v) is 4.12. The zero-order chi connectivity index (χ0) is 18.3. The highest BCUT2D eigenvalue weighted by Crippen LogP contribution is 2.49. The lowest BCUT2D eigenvalue weighted by Gasteiger charge is -2.45. The average molecular weight is 373 g/mol. The van der Waals surface area contributed by atoms with Crippen LogP contribution in [0.2, 0.25) is 5.02 Å². The third-order valence-electron chi connectivity index (χ3n) is 5.27. The maximum absolute atomic E-state index is 12.0. The third kappa shape index (κ3) is 2.86. The number of methoxy groups -OCH3 is 1. The second-order valence-corrected chi connectivity index (χ2v) is 7.25. The number of nitrogens with one attached hydrogen (secondary N) is 1. The van der Waals surface area contributed by atoms with Gasteiger partial charge in [0.25, 0.3) is 0 Å². The normalized spacial score (nSPS) is 23.7. The van der Waals surface area contributed by atoms with Crippen LogP contribution in [0, 0.1) is 5.92 Å². The monoisotopic (exact) mass is 372 g/mol. The number of amides is 1. The minimum absolute atomic E-state index is 0.0613. The van der Waals surface area contributed by atoms with Crippen LogP contribution < -0.4 is 15.0 Å². The lowest BCUT2D eigenvalue weighted by molar-refractivity contribution is 0.154. The summed E-state index contributed by atoms with van der Waals surface area (Å²) in [4.78, 5) is 14.3. The van der Waals surface area contributed by atoms with Crippen molar-refractivity contribution in [2.75, 3.05) is 18.6 Å². The van der Waals surface area contributed by atoms with E-state index in [2.05, 4.69) is 23.2 Å². The lowest BCUT2D eigenvalue weighted by Crippen LogP contribution is -2.53. The number of fused-ring (bicyclic) bond motifs is 5. The molecule has 2 aliphatic rings. The van der Waals surface area contributed by atoms with Crippen molar-refractivity contribution in [1.82, 2.24) is 5.32 Å². The van der Waals surface area contributed by atoms with Crippen molar-refractivity contribution >= 4 is 23.4 Å². The Labute approximate surface area is 157 Å². The fraction of sp³-hybridized carbons (Fsp3) is 0.350. The van der Waals surface area contributed by atoms with E-state index in [1.165, 1.54) is 7.11 Å². The number of halogens is 1. The first-order valence-corrected chi connectivity index (χ1v) is 9.13. The molecule has 4 rings (SSSR count). The minimum Gasteiger partial charge on any atom is -0.455 e. The highest BCUT2D eigenvalue weighted by atomic mass is 35.5. The Balaban J connectivity index is 1.87. The SMILES string of the molecule is COC(=O)N[C@H]1[C@H](C)CCN2c3cc(Cl)ccc3Oc3ccccc3[C@H]12. The minimum atomic E-state index is -0.419. The molecule has 6 heteroatoms. The molecule has 0 aliphatic carbocycles. The second kappa shape index (κ2) is 6.72. The van der Waals surface area contributed by atoms with Crippen molar-refractivity contribution in [3.63, 3.8) is 0 Å². The van der Waals surface area contributed by atoms with Gasteiger partial charge in [-0.1, -0.05) is 36.7 Å². The van der Waals surface area contributed by atoms with Crippen molar-refractivity contribution in [2.24, 2.45) is 5.92 Å². The van der Waals surface area contributed by atoms with Crippen molar-refractivity contribution < 1.29 is 14.3 Å². The van der Waals surface area contributed by atoms with E-state index < -0.39 is 6.09 Å². The number of rotatable bonds is 1. The van der Waals surface area contributed by atoms with Gasteiger partial charge in [-0.15, -0.1) is 0 Å². The van der Waals surface area contributed by atoms with Gasteiger partial charge >= 0.3 is 6.09 Å². The zero-order valence-electron chi connectivity index (χ0n) is 14.7. The molecule has 0 bridgehead atoms. The van der Waals surface area contributed by atoms with Crippen LogP contribution in [-0.2, 0) is 4.74 Å². The molecule has 0 spiro atoms. The van der Waals surface area contributed by atoms with E-state index in [0.29, 0.717) is 10.9 Å². The number of para-hydroxylation sites is 1. The van der Waals surface area contributed by atoms with Gasteiger partial charge in [-0.3, -0.25) is 0 Å². The summed E-state index contributed by atoms with van der Waals surface area (Å²) in [5.74, 6) is 1.87. The molecule has 0 saturated carbocycles. The first-order valence-electron chi connectivity index (χ1n) is 8.76. The molecule has 0 aromatic heterocycles. The lowest BCUT2D eigenvalue weighted by atomic mass is 9.82. The predicted octanol–water partition coefficient (Wildman–Crippen LogP) is 4.76. The van der Waals surface area contributed by atoms with Crippen LogP contribution in [0.5, 0.6) is 11.5 Å². The highest BCUT2D eigenvalue weighted by Gasteiger charge is 2.42. The predicted molar refractivity (Wildman–Crippen MR) is 101 cm³/mol.